The molecule has 29 heavy (non-hydrogen) atoms. The van der Waals surface area contributed by atoms with Gasteiger partial charge in [-0.15, -0.1) is 13.2 Å². The number of alkyl halides is 3. The van der Waals surface area contributed by atoms with Crippen molar-refractivity contribution in [2.75, 3.05) is 38.1 Å². The molecule has 0 amide bonds. The van der Waals surface area contributed by atoms with Crippen LogP contribution in [0.2, 0.25) is 5.02 Å². The summed E-state index contributed by atoms with van der Waals surface area (Å²) in [6, 6.07) is 11.3. The highest BCUT2D eigenvalue weighted by atomic mass is 35.5. The molecule has 0 bridgehead atoms. The molecule has 0 saturated carbocycles. The van der Waals surface area contributed by atoms with Gasteiger partial charge in [-0.2, -0.15) is 0 Å². The van der Waals surface area contributed by atoms with Gasteiger partial charge in [-0.25, -0.2) is 9.97 Å². The quantitative estimate of drug-likeness (QED) is 0.617. The standard InChI is InChI=1S/C20H18ClF3N4O/c1-27-8-10-28(11-9-27)19-15-12-13(29-20(22,23)24)6-7-17(15)25-18(26-19)14-4-2-3-5-16(14)21/h2-7,12H,8-11H2,1H3. The van der Waals surface area contributed by atoms with Gasteiger partial charge >= 0.3 is 6.36 Å². The maximum atomic E-state index is 12.7. The molecule has 0 N–H and O–H groups in total. The molecule has 1 aliphatic rings. The van der Waals surface area contributed by atoms with E-state index in [1.54, 1.807) is 6.07 Å². The molecule has 2 aromatic carbocycles. The highest BCUT2D eigenvalue weighted by Gasteiger charge is 2.31. The summed E-state index contributed by atoms with van der Waals surface area (Å²) in [7, 11) is 2.03. The minimum atomic E-state index is -4.76. The Balaban J connectivity index is 1.86. The highest BCUT2D eigenvalue weighted by Crippen LogP contribution is 2.34. The Morgan fingerprint density at radius 3 is 2.41 bits per heavy atom. The van der Waals surface area contributed by atoms with E-state index < -0.39 is 6.36 Å². The van der Waals surface area contributed by atoms with Crippen molar-refractivity contribution < 1.29 is 17.9 Å². The van der Waals surface area contributed by atoms with Crippen molar-refractivity contribution in [2.45, 2.75) is 6.36 Å². The zero-order valence-electron chi connectivity index (χ0n) is 15.6. The van der Waals surface area contributed by atoms with Gasteiger partial charge in [0.1, 0.15) is 11.6 Å². The van der Waals surface area contributed by atoms with Gasteiger partial charge in [-0.3, -0.25) is 0 Å². The van der Waals surface area contributed by atoms with E-state index in [-0.39, 0.29) is 5.75 Å². The van der Waals surface area contributed by atoms with Gasteiger partial charge in [-0.05, 0) is 37.4 Å². The van der Waals surface area contributed by atoms with Crippen molar-refractivity contribution in [2.24, 2.45) is 0 Å². The van der Waals surface area contributed by atoms with E-state index in [4.69, 9.17) is 16.6 Å². The Kier molecular flexibility index (Phi) is 5.23. The second-order valence-electron chi connectivity index (χ2n) is 6.87. The molecule has 3 aromatic rings. The number of rotatable bonds is 3. The third-order valence-electron chi connectivity index (χ3n) is 4.80. The largest absolute Gasteiger partial charge is 0.573 e. The summed E-state index contributed by atoms with van der Waals surface area (Å²) in [5, 5.41) is 1.01. The molecule has 0 radical (unpaired) electrons. The van der Waals surface area contributed by atoms with E-state index in [0.717, 1.165) is 13.1 Å². The lowest BCUT2D eigenvalue weighted by Crippen LogP contribution is -2.45. The van der Waals surface area contributed by atoms with Crippen molar-refractivity contribution in [3.8, 4) is 17.1 Å². The average molecular weight is 423 g/mol. The summed E-state index contributed by atoms with van der Waals surface area (Å²) in [6.45, 7) is 3.06. The number of ether oxygens (including phenoxy) is 1. The fraction of sp³-hybridized carbons (Fsp3) is 0.300. The molecule has 0 spiro atoms. The first-order valence-electron chi connectivity index (χ1n) is 9.06. The minimum Gasteiger partial charge on any atom is -0.406 e. The zero-order chi connectivity index (χ0) is 20.6. The SMILES string of the molecule is CN1CCN(c2nc(-c3ccccc3Cl)nc3ccc(OC(F)(F)F)cc23)CC1. The van der Waals surface area contributed by atoms with E-state index in [1.165, 1.54) is 18.2 Å². The number of benzene rings is 2. The van der Waals surface area contributed by atoms with Crippen molar-refractivity contribution in [3.05, 3.63) is 47.5 Å². The number of halogens is 4. The van der Waals surface area contributed by atoms with Crippen molar-refractivity contribution in [1.82, 2.24) is 14.9 Å². The minimum absolute atomic E-state index is 0.297. The number of anilines is 1. The van der Waals surface area contributed by atoms with E-state index >= 15 is 0 Å². The molecular formula is C20H18ClF3N4O. The Labute approximate surface area is 170 Å². The molecule has 5 nitrogen and oxygen atoms in total. The Hall–Kier alpha value is -2.58. The molecule has 1 aromatic heterocycles. The highest BCUT2D eigenvalue weighted by molar-refractivity contribution is 6.33. The van der Waals surface area contributed by atoms with Crippen LogP contribution in [0.1, 0.15) is 0 Å². The molecule has 152 valence electrons. The smallest absolute Gasteiger partial charge is 0.406 e. The summed E-state index contributed by atoms with van der Waals surface area (Å²) < 4.78 is 42.2. The maximum absolute atomic E-state index is 12.7. The van der Waals surface area contributed by atoms with E-state index in [1.807, 2.05) is 25.2 Å². The molecular weight excluding hydrogens is 405 g/mol. The summed E-state index contributed by atoms with van der Waals surface area (Å²) in [6.07, 6.45) is -4.76. The molecule has 1 aliphatic heterocycles. The van der Waals surface area contributed by atoms with Crippen LogP contribution in [0, 0.1) is 0 Å². The van der Waals surface area contributed by atoms with Gasteiger partial charge in [0.15, 0.2) is 5.82 Å². The van der Waals surface area contributed by atoms with Crippen LogP contribution in [0.4, 0.5) is 19.0 Å². The number of hydrogen-bond acceptors (Lipinski definition) is 5. The molecule has 0 atom stereocenters. The summed E-state index contributed by atoms with van der Waals surface area (Å²) in [5.41, 5.74) is 1.19. The number of fused-ring (bicyclic) bond motifs is 1. The van der Waals surface area contributed by atoms with Crippen LogP contribution in [-0.2, 0) is 0 Å². The number of likely N-dealkylation sites (N-methyl/N-ethyl adjacent to an activating group) is 1. The Morgan fingerprint density at radius 1 is 1.00 bits per heavy atom. The van der Waals surface area contributed by atoms with Crippen LogP contribution in [0.15, 0.2) is 42.5 Å². The Morgan fingerprint density at radius 2 is 1.72 bits per heavy atom. The lowest BCUT2D eigenvalue weighted by atomic mass is 10.1. The lowest BCUT2D eigenvalue weighted by molar-refractivity contribution is -0.274. The van der Waals surface area contributed by atoms with Crippen LogP contribution in [0.3, 0.4) is 0 Å². The summed E-state index contributed by atoms with van der Waals surface area (Å²) in [4.78, 5) is 13.5. The summed E-state index contributed by atoms with van der Waals surface area (Å²) in [5.74, 6) is 0.710. The average Bonchev–Trinajstić information content (AvgIpc) is 2.67. The van der Waals surface area contributed by atoms with Gasteiger partial charge in [0.2, 0.25) is 0 Å². The molecule has 1 fully saturated rings. The fourth-order valence-corrected chi connectivity index (χ4v) is 3.53. The molecule has 0 aliphatic carbocycles. The van der Waals surface area contributed by atoms with Gasteiger partial charge in [0, 0.05) is 37.1 Å². The first-order chi connectivity index (χ1) is 13.8. The number of hydrogen-bond donors (Lipinski definition) is 0. The van der Waals surface area contributed by atoms with Crippen LogP contribution in [0.25, 0.3) is 22.3 Å². The fourth-order valence-electron chi connectivity index (χ4n) is 3.31. The molecule has 4 rings (SSSR count). The lowest BCUT2D eigenvalue weighted by Gasteiger charge is -2.34. The van der Waals surface area contributed by atoms with Crippen LogP contribution >= 0.6 is 11.6 Å². The Bertz CT molecular complexity index is 1040. The molecule has 1 saturated heterocycles. The summed E-state index contributed by atoms with van der Waals surface area (Å²) >= 11 is 6.32. The van der Waals surface area contributed by atoms with Gasteiger partial charge in [0.25, 0.3) is 0 Å². The van der Waals surface area contributed by atoms with Crippen LogP contribution in [0.5, 0.6) is 5.75 Å². The van der Waals surface area contributed by atoms with E-state index in [2.05, 4.69) is 19.5 Å². The number of piperazine rings is 1. The number of aromatic nitrogens is 2. The van der Waals surface area contributed by atoms with Crippen molar-refractivity contribution in [1.29, 1.82) is 0 Å². The topological polar surface area (TPSA) is 41.5 Å². The monoisotopic (exact) mass is 422 g/mol. The maximum Gasteiger partial charge on any atom is 0.573 e. The van der Waals surface area contributed by atoms with Crippen molar-refractivity contribution in [3.63, 3.8) is 0 Å². The first kappa shape index (κ1) is 19.7. The van der Waals surface area contributed by atoms with Crippen molar-refractivity contribution >= 4 is 28.3 Å². The third-order valence-corrected chi connectivity index (χ3v) is 5.13. The second kappa shape index (κ2) is 7.68. The molecule has 9 heteroatoms. The zero-order valence-corrected chi connectivity index (χ0v) is 16.3. The predicted octanol–water partition coefficient (Wildman–Crippen LogP) is 4.60. The van der Waals surface area contributed by atoms with Gasteiger partial charge in [0.05, 0.1) is 10.5 Å². The van der Waals surface area contributed by atoms with E-state index in [0.29, 0.717) is 46.2 Å². The first-order valence-corrected chi connectivity index (χ1v) is 9.44. The van der Waals surface area contributed by atoms with Gasteiger partial charge in [-0.1, -0.05) is 23.7 Å². The van der Waals surface area contributed by atoms with Crippen LogP contribution < -0.4 is 9.64 Å². The van der Waals surface area contributed by atoms with E-state index in [9.17, 15) is 13.2 Å². The third kappa shape index (κ3) is 4.38. The number of nitrogens with zero attached hydrogens (tertiary/aromatic N) is 4. The van der Waals surface area contributed by atoms with Crippen LogP contribution in [-0.4, -0.2) is 54.5 Å². The molecule has 0 unspecified atom stereocenters. The predicted molar refractivity (Wildman–Crippen MR) is 106 cm³/mol. The van der Waals surface area contributed by atoms with Gasteiger partial charge < -0.3 is 14.5 Å². The normalized spacial score (nSPS) is 15.7. The second-order valence-corrected chi connectivity index (χ2v) is 7.27. The molecule has 2 heterocycles.